The Morgan fingerprint density at radius 2 is 2.32 bits per heavy atom. The van der Waals surface area contributed by atoms with Gasteiger partial charge in [0.25, 0.3) is 0 Å². The molecule has 6 heteroatoms. The van der Waals surface area contributed by atoms with Gasteiger partial charge >= 0.3 is 5.97 Å². The highest BCUT2D eigenvalue weighted by molar-refractivity contribution is 5.93. The van der Waals surface area contributed by atoms with Crippen molar-refractivity contribution in [2.75, 3.05) is 5.73 Å². The molecule has 0 saturated heterocycles. The van der Waals surface area contributed by atoms with Gasteiger partial charge in [0.1, 0.15) is 5.56 Å². The molecule has 2 rings (SSSR count). The fourth-order valence-corrected chi connectivity index (χ4v) is 1.70. The molecule has 0 bridgehead atoms. The number of ether oxygens (including phenoxy) is 1. The van der Waals surface area contributed by atoms with Crippen LogP contribution in [0.3, 0.4) is 0 Å². The van der Waals surface area contributed by atoms with Crippen molar-refractivity contribution < 1.29 is 14.6 Å². The van der Waals surface area contributed by atoms with Crippen molar-refractivity contribution in [3.05, 3.63) is 36.2 Å². The Morgan fingerprint density at radius 1 is 1.53 bits per heavy atom. The van der Waals surface area contributed by atoms with Crippen LogP contribution < -0.4 is 10.5 Å². The Kier molecular flexibility index (Phi) is 3.70. The van der Waals surface area contributed by atoms with Crippen molar-refractivity contribution >= 4 is 11.7 Å². The monoisotopic (exact) mass is 261 g/mol. The molecule has 1 heterocycles. The Bertz CT molecular complexity index is 593. The Labute approximate surface area is 110 Å². The van der Waals surface area contributed by atoms with Crippen LogP contribution >= 0.6 is 0 Å². The summed E-state index contributed by atoms with van der Waals surface area (Å²) < 4.78 is 7.27. The number of carboxylic acid groups (broad SMARTS) is 1. The molecule has 6 nitrogen and oxygen atoms in total. The van der Waals surface area contributed by atoms with E-state index in [1.165, 1.54) is 12.3 Å². The zero-order valence-corrected chi connectivity index (χ0v) is 10.5. The minimum atomic E-state index is -1.08. The number of anilines is 1. The number of aromatic nitrogens is 2. The van der Waals surface area contributed by atoms with Gasteiger partial charge in [-0.3, -0.25) is 4.68 Å². The van der Waals surface area contributed by atoms with Gasteiger partial charge in [0, 0.05) is 6.54 Å². The van der Waals surface area contributed by atoms with Gasteiger partial charge in [-0.15, -0.1) is 0 Å². The largest absolute Gasteiger partial charge is 0.478 e. The summed E-state index contributed by atoms with van der Waals surface area (Å²) in [5, 5.41) is 13.2. The van der Waals surface area contributed by atoms with E-state index in [0.717, 1.165) is 13.0 Å². The van der Waals surface area contributed by atoms with Crippen LogP contribution in [0.1, 0.15) is 23.7 Å². The molecule has 0 radical (unpaired) electrons. The highest BCUT2D eigenvalue weighted by atomic mass is 16.5. The normalized spacial score (nSPS) is 10.4. The molecule has 3 N–H and O–H groups in total. The Balaban J connectivity index is 2.29. The van der Waals surface area contributed by atoms with Crippen LogP contribution in [0, 0.1) is 0 Å². The number of carboxylic acids is 1. The first-order chi connectivity index (χ1) is 9.11. The van der Waals surface area contributed by atoms with E-state index in [1.807, 2.05) is 6.92 Å². The first-order valence-electron chi connectivity index (χ1n) is 5.94. The van der Waals surface area contributed by atoms with E-state index >= 15 is 0 Å². The lowest BCUT2D eigenvalue weighted by Gasteiger charge is -2.09. The van der Waals surface area contributed by atoms with Crippen molar-refractivity contribution in [3.8, 4) is 11.5 Å². The number of hydrogen-bond donors (Lipinski definition) is 2. The van der Waals surface area contributed by atoms with Crippen molar-refractivity contribution in [2.24, 2.45) is 0 Å². The average molecular weight is 261 g/mol. The van der Waals surface area contributed by atoms with Gasteiger partial charge in [-0.25, -0.2) is 4.79 Å². The molecule has 1 aromatic heterocycles. The summed E-state index contributed by atoms with van der Waals surface area (Å²) in [5.74, 6) is -0.469. The smallest absolute Gasteiger partial charge is 0.339 e. The van der Waals surface area contributed by atoms with Crippen LogP contribution in [-0.2, 0) is 6.54 Å². The molecular formula is C13H15N3O3. The lowest BCUT2D eigenvalue weighted by atomic mass is 10.2. The van der Waals surface area contributed by atoms with E-state index in [9.17, 15) is 4.79 Å². The lowest BCUT2D eigenvalue weighted by Crippen LogP contribution is -2.02. The van der Waals surface area contributed by atoms with Gasteiger partial charge < -0.3 is 15.6 Å². The molecule has 0 unspecified atom stereocenters. The van der Waals surface area contributed by atoms with Crippen LogP contribution in [-0.4, -0.2) is 20.9 Å². The second-order valence-corrected chi connectivity index (χ2v) is 4.07. The molecule has 100 valence electrons. The third-order valence-electron chi connectivity index (χ3n) is 2.56. The molecule has 0 atom stereocenters. The number of carbonyl (C=O) groups is 1. The zero-order valence-electron chi connectivity index (χ0n) is 10.5. The number of nitrogen functional groups attached to an aromatic ring is 1. The minimum Gasteiger partial charge on any atom is -0.478 e. The number of rotatable bonds is 5. The molecule has 0 aliphatic carbocycles. The molecular weight excluding hydrogens is 246 g/mol. The average Bonchev–Trinajstić information content (AvgIpc) is 2.79. The molecule has 1 aromatic carbocycles. The summed E-state index contributed by atoms with van der Waals surface area (Å²) in [4.78, 5) is 11.1. The maximum Gasteiger partial charge on any atom is 0.339 e. The third-order valence-corrected chi connectivity index (χ3v) is 2.56. The zero-order chi connectivity index (χ0) is 13.8. The maximum atomic E-state index is 11.1. The molecule has 0 saturated carbocycles. The van der Waals surface area contributed by atoms with E-state index in [4.69, 9.17) is 15.6 Å². The van der Waals surface area contributed by atoms with Gasteiger partial charge in [-0.05, 0) is 18.6 Å². The predicted octanol–water partition coefficient (Wildman–Crippen LogP) is 2.37. The van der Waals surface area contributed by atoms with Gasteiger partial charge in [-0.2, -0.15) is 5.10 Å². The van der Waals surface area contributed by atoms with Crippen LogP contribution in [0.4, 0.5) is 5.69 Å². The van der Waals surface area contributed by atoms with Crippen LogP contribution in [0.25, 0.3) is 0 Å². The number of para-hydroxylation sites is 1. The Morgan fingerprint density at radius 3 is 3.00 bits per heavy atom. The number of aromatic carboxylic acids is 1. The molecule has 0 aliphatic rings. The van der Waals surface area contributed by atoms with Gasteiger partial charge in [0.2, 0.25) is 0 Å². The summed E-state index contributed by atoms with van der Waals surface area (Å²) >= 11 is 0. The quantitative estimate of drug-likeness (QED) is 0.806. The van der Waals surface area contributed by atoms with Crippen molar-refractivity contribution in [3.63, 3.8) is 0 Å². The van der Waals surface area contributed by atoms with E-state index in [1.54, 1.807) is 23.0 Å². The highest BCUT2D eigenvalue weighted by Crippen LogP contribution is 2.31. The second kappa shape index (κ2) is 5.43. The SMILES string of the molecule is CCCn1cc(Oc2c(N)cccc2C(=O)O)cn1. The molecule has 0 spiro atoms. The molecule has 2 aromatic rings. The van der Waals surface area contributed by atoms with Crippen LogP contribution in [0.2, 0.25) is 0 Å². The summed E-state index contributed by atoms with van der Waals surface area (Å²) in [6.45, 7) is 2.82. The van der Waals surface area contributed by atoms with Gasteiger partial charge in [0.05, 0.1) is 18.1 Å². The second-order valence-electron chi connectivity index (χ2n) is 4.07. The first-order valence-corrected chi connectivity index (χ1v) is 5.94. The minimum absolute atomic E-state index is 0.0308. The van der Waals surface area contributed by atoms with Crippen molar-refractivity contribution in [1.29, 1.82) is 0 Å². The number of nitrogens with zero attached hydrogens (tertiary/aromatic N) is 2. The first kappa shape index (κ1) is 12.9. The van der Waals surface area contributed by atoms with Crippen LogP contribution in [0.5, 0.6) is 11.5 Å². The molecule has 0 amide bonds. The fraction of sp³-hybridized carbons (Fsp3) is 0.231. The number of hydrogen-bond acceptors (Lipinski definition) is 4. The van der Waals surface area contributed by atoms with Gasteiger partial charge in [0.15, 0.2) is 11.5 Å². The summed E-state index contributed by atoms with van der Waals surface area (Å²) in [7, 11) is 0. The van der Waals surface area contributed by atoms with E-state index in [-0.39, 0.29) is 17.0 Å². The highest BCUT2D eigenvalue weighted by Gasteiger charge is 2.15. The maximum absolute atomic E-state index is 11.1. The number of benzene rings is 1. The Hall–Kier alpha value is -2.50. The predicted molar refractivity (Wildman–Crippen MR) is 70.4 cm³/mol. The number of aryl methyl sites for hydroxylation is 1. The van der Waals surface area contributed by atoms with Crippen LogP contribution in [0.15, 0.2) is 30.6 Å². The molecule has 0 fully saturated rings. The topological polar surface area (TPSA) is 90.4 Å². The van der Waals surface area contributed by atoms with E-state index < -0.39 is 5.97 Å². The molecule has 0 aliphatic heterocycles. The summed E-state index contributed by atoms with van der Waals surface area (Å²) in [5.41, 5.74) is 6.07. The van der Waals surface area contributed by atoms with Gasteiger partial charge in [-0.1, -0.05) is 13.0 Å². The fourth-order valence-electron chi connectivity index (χ4n) is 1.70. The van der Waals surface area contributed by atoms with E-state index in [2.05, 4.69) is 5.10 Å². The standard InChI is InChI=1S/C13H15N3O3/c1-2-6-16-8-9(7-15-16)19-12-10(13(17)18)4-3-5-11(12)14/h3-5,7-8H,2,6,14H2,1H3,(H,17,18). The third kappa shape index (κ3) is 2.85. The van der Waals surface area contributed by atoms with E-state index in [0.29, 0.717) is 5.75 Å². The summed E-state index contributed by atoms with van der Waals surface area (Å²) in [6.07, 6.45) is 4.20. The number of nitrogens with two attached hydrogens (primary N) is 1. The lowest BCUT2D eigenvalue weighted by molar-refractivity contribution is 0.0694. The molecule has 19 heavy (non-hydrogen) atoms. The van der Waals surface area contributed by atoms with Crippen molar-refractivity contribution in [2.45, 2.75) is 19.9 Å². The summed E-state index contributed by atoms with van der Waals surface area (Å²) in [6, 6.07) is 4.62. The van der Waals surface area contributed by atoms with Crippen molar-refractivity contribution in [1.82, 2.24) is 9.78 Å².